The lowest BCUT2D eigenvalue weighted by atomic mass is 9.72. The number of methoxy groups -OCH3 is 1. The second kappa shape index (κ2) is 11.3. The van der Waals surface area contributed by atoms with Gasteiger partial charge in [-0.25, -0.2) is 0 Å². The summed E-state index contributed by atoms with van der Waals surface area (Å²) in [5.74, 6) is 1.53. The van der Waals surface area contributed by atoms with Gasteiger partial charge in [0.1, 0.15) is 17.1 Å². The Kier molecular flexibility index (Phi) is 7.78. The van der Waals surface area contributed by atoms with Crippen LogP contribution in [0, 0.1) is 11.8 Å². The molecule has 2 bridgehead atoms. The number of hydrogen-bond donors (Lipinski definition) is 2. The Morgan fingerprint density at radius 2 is 1.67 bits per heavy atom. The average molecular weight is 633 g/mol. The van der Waals surface area contributed by atoms with E-state index in [1.165, 1.54) is 7.11 Å². The van der Waals surface area contributed by atoms with Crippen LogP contribution in [-0.4, -0.2) is 36.1 Å². The van der Waals surface area contributed by atoms with Crippen LogP contribution in [-0.2, 0) is 12.4 Å². The summed E-state index contributed by atoms with van der Waals surface area (Å²) in [4.78, 5) is 32.5. The molecule has 45 heavy (non-hydrogen) atoms. The summed E-state index contributed by atoms with van der Waals surface area (Å²) in [5, 5.41) is 6.36. The van der Waals surface area contributed by atoms with Crippen molar-refractivity contribution in [3.8, 4) is 5.75 Å². The predicted molar refractivity (Wildman–Crippen MR) is 158 cm³/mol. The van der Waals surface area contributed by atoms with Crippen LogP contribution in [0.1, 0.15) is 48.9 Å². The second-order valence-electron chi connectivity index (χ2n) is 11.7. The maximum atomic E-state index is 13.5. The topological polar surface area (TPSA) is 83.6 Å². The number of piperidine rings is 3. The molecular formula is C32H30F6N4O3. The maximum Gasteiger partial charge on any atom is 0.416 e. The molecule has 0 saturated carbocycles. The third kappa shape index (κ3) is 5.73. The highest BCUT2D eigenvalue weighted by Crippen LogP contribution is 2.45. The van der Waals surface area contributed by atoms with E-state index >= 15 is 0 Å². The number of hydrogen-bond acceptors (Lipinski definition) is 7. The van der Waals surface area contributed by atoms with Gasteiger partial charge in [-0.3, -0.25) is 19.5 Å². The summed E-state index contributed by atoms with van der Waals surface area (Å²) in [6.45, 7) is 3.83. The number of nitrogens with one attached hydrogen (secondary N) is 2. The van der Waals surface area contributed by atoms with E-state index in [1.807, 2.05) is 6.07 Å². The Hall–Kier alpha value is -4.13. The maximum absolute atomic E-state index is 13.5. The van der Waals surface area contributed by atoms with E-state index in [9.17, 15) is 35.9 Å². The quantitative estimate of drug-likeness (QED) is 0.162. The van der Waals surface area contributed by atoms with Crippen molar-refractivity contribution in [3.05, 3.63) is 85.8 Å². The Balaban J connectivity index is 1.42. The number of rotatable bonds is 8. The van der Waals surface area contributed by atoms with Crippen molar-refractivity contribution in [1.82, 2.24) is 9.88 Å². The van der Waals surface area contributed by atoms with Crippen LogP contribution in [0.15, 0.2) is 58.3 Å². The number of aromatic nitrogens is 1. The summed E-state index contributed by atoms with van der Waals surface area (Å²) in [5.41, 5.74) is -4.82. The molecule has 0 radical (unpaired) electrons. The monoisotopic (exact) mass is 632 g/mol. The predicted octanol–water partition coefficient (Wildman–Crippen LogP) is 6.89. The van der Waals surface area contributed by atoms with Gasteiger partial charge in [-0.15, -0.1) is 0 Å². The number of nitrogens with zero attached hydrogens (tertiary/aromatic N) is 2. The SMILES string of the molecule is CC[C@H]1CN2CC[C@H]1C[C@@H]2[C@H](Nc1c(Nc2cc(C(F)(F)F)cc(C(F)(F)F)c2)c(=O)c1=O)c1ccnc2ccc(OC)cc12. The molecule has 0 spiro atoms. The first-order valence-corrected chi connectivity index (χ1v) is 14.6. The van der Waals surface area contributed by atoms with E-state index in [-0.39, 0.29) is 17.8 Å². The Morgan fingerprint density at radius 3 is 2.27 bits per heavy atom. The van der Waals surface area contributed by atoms with E-state index < -0.39 is 51.8 Å². The van der Waals surface area contributed by atoms with Gasteiger partial charge in [0.2, 0.25) is 0 Å². The summed E-state index contributed by atoms with van der Waals surface area (Å²) >= 11 is 0. The highest BCUT2D eigenvalue weighted by Gasteiger charge is 2.44. The highest BCUT2D eigenvalue weighted by molar-refractivity contribution is 5.85. The lowest BCUT2D eigenvalue weighted by Gasteiger charge is -2.52. The van der Waals surface area contributed by atoms with Crippen LogP contribution in [0.3, 0.4) is 0 Å². The van der Waals surface area contributed by atoms with Gasteiger partial charge in [0.25, 0.3) is 10.9 Å². The summed E-state index contributed by atoms with van der Waals surface area (Å²) in [7, 11) is 1.53. The van der Waals surface area contributed by atoms with Crippen LogP contribution in [0.4, 0.5) is 43.4 Å². The first-order valence-electron chi connectivity index (χ1n) is 14.6. The molecule has 7 nitrogen and oxygen atoms in total. The van der Waals surface area contributed by atoms with E-state index in [2.05, 4.69) is 27.4 Å². The zero-order chi connectivity index (χ0) is 32.3. The molecule has 4 aromatic rings. The standard InChI is InChI=1S/C32H30F6N4O3/c1-3-16-15-42-9-7-17(16)10-25(42)26(22-6-8-39-24-5-4-21(45-2)14-23(22)24)41-28-27(29(43)30(28)44)40-20-12-18(31(33,34)35)11-19(13-20)32(36,37)38/h4-6,8,11-14,16-17,25-26,40-41H,3,7,9-10,15H2,1-2H3/t16-,17-,25+,26+/m0/s1. The highest BCUT2D eigenvalue weighted by atomic mass is 19.4. The summed E-state index contributed by atoms with van der Waals surface area (Å²) in [6.07, 6.45) is -5.68. The van der Waals surface area contributed by atoms with Crippen LogP contribution in [0.2, 0.25) is 0 Å². The number of halogens is 6. The molecule has 4 heterocycles. The molecule has 238 valence electrons. The van der Waals surface area contributed by atoms with Gasteiger partial charge < -0.3 is 15.4 Å². The molecule has 3 aliphatic heterocycles. The first kappa shape index (κ1) is 30.9. The molecule has 0 aliphatic carbocycles. The molecule has 5 atom stereocenters. The number of pyridine rings is 1. The smallest absolute Gasteiger partial charge is 0.416 e. The molecule has 13 heteroatoms. The van der Waals surface area contributed by atoms with Gasteiger partial charge in [0, 0.05) is 29.9 Å². The molecule has 1 unspecified atom stereocenters. The fourth-order valence-electron chi connectivity index (χ4n) is 6.89. The molecule has 3 aromatic carbocycles. The van der Waals surface area contributed by atoms with Crippen molar-refractivity contribution < 1.29 is 31.1 Å². The number of benzene rings is 2. The first-order chi connectivity index (χ1) is 21.3. The number of ether oxygens (including phenoxy) is 1. The molecule has 3 aliphatic rings. The fraction of sp³-hybridized carbons (Fsp3) is 0.406. The van der Waals surface area contributed by atoms with Crippen molar-refractivity contribution in [3.63, 3.8) is 0 Å². The van der Waals surface area contributed by atoms with Crippen LogP contribution in [0.25, 0.3) is 10.9 Å². The molecule has 2 N–H and O–H groups in total. The number of alkyl halides is 6. The van der Waals surface area contributed by atoms with Gasteiger partial charge >= 0.3 is 12.4 Å². The Bertz CT molecular complexity index is 1780. The second-order valence-corrected chi connectivity index (χ2v) is 11.7. The van der Waals surface area contributed by atoms with Gasteiger partial charge in [-0.05, 0) is 79.3 Å². The van der Waals surface area contributed by atoms with E-state index in [1.54, 1.807) is 24.4 Å². The molecule has 0 amide bonds. The Morgan fingerprint density at radius 1 is 0.978 bits per heavy atom. The van der Waals surface area contributed by atoms with Gasteiger partial charge in [-0.2, -0.15) is 26.3 Å². The fourth-order valence-corrected chi connectivity index (χ4v) is 6.89. The van der Waals surface area contributed by atoms with Gasteiger partial charge in [0.15, 0.2) is 0 Å². The van der Waals surface area contributed by atoms with Crippen LogP contribution in [0.5, 0.6) is 5.75 Å². The molecule has 3 fully saturated rings. The minimum atomic E-state index is -5.08. The minimum Gasteiger partial charge on any atom is -0.497 e. The van der Waals surface area contributed by atoms with Crippen molar-refractivity contribution in [2.45, 2.75) is 50.6 Å². The van der Waals surface area contributed by atoms with Crippen LogP contribution >= 0.6 is 0 Å². The van der Waals surface area contributed by atoms with Crippen molar-refractivity contribution in [2.75, 3.05) is 30.8 Å². The third-order valence-electron chi connectivity index (χ3n) is 9.23. The lowest BCUT2D eigenvalue weighted by molar-refractivity contribution is -0.143. The average Bonchev–Trinajstić information content (AvgIpc) is 3.03. The summed E-state index contributed by atoms with van der Waals surface area (Å²) in [6, 6.07) is 7.46. The molecule has 1 aromatic heterocycles. The number of fused-ring (bicyclic) bond motifs is 4. The van der Waals surface area contributed by atoms with Gasteiger partial charge in [-0.1, -0.05) is 13.3 Å². The minimum absolute atomic E-state index is 0.00144. The zero-order valence-electron chi connectivity index (χ0n) is 24.4. The van der Waals surface area contributed by atoms with Gasteiger partial charge in [0.05, 0.1) is 29.8 Å². The lowest BCUT2D eigenvalue weighted by Crippen LogP contribution is -2.56. The zero-order valence-corrected chi connectivity index (χ0v) is 24.4. The van der Waals surface area contributed by atoms with E-state index in [4.69, 9.17) is 4.74 Å². The molecular weight excluding hydrogens is 602 g/mol. The number of anilines is 3. The normalized spacial score (nSPS) is 22.5. The third-order valence-corrected chi connectivity index (χ3v) is 9.23. The van der Waals surface area contributed by atoms with Crippen molar-refractivity contribution in [1.29, 1.82) is 0 Å². The van der Waals surface area contributed by atoms with Crippen molar-refractivity contribution in [2.24, 2.45) is 11.8 Å². The van der Waals surface area contributed by atoms with Crippen LogP contribution < -0.4 is 26.2 Å². The molecule has 7 rings (SSSR count). The molecule has 3 saturated heterocycles. The Labute approximate surface area is 253 Å². The van der Waals surface area contributed by atoms with E-state index in [0.29, 0.717) is 35.2 Å². The largest absolute Gasteiger partial charge is 0.497 e. The van der Waals surface area contributed by atoms with E-state index in [0.717, 1.165) is 43.3 Å². The summed E-state index contributed by atoms with van der Waals surface area (Å²) < 4.78 is 86.4. The van der Waals surface area contributed by atoms with Crippen molar-refractivity contribution >= 4 is 28.0 Å².